The second kappa shape index (κ2) is 8.05. The highest BCUT2D eigenvalue weighted by Gasteiger charge is 2.18. The molecule has 7 heteroatoms. The Labute approximate surface area is 168 Å². The molecule has 1 aromatic heterocycles. The van der Waals surface area contributed by atoms with Crippen LogP contribution in [0.2, 0.25) is 0 Å². The number of fused-ring (bicyclic) bond motifs is 1. The topological polar surface area (TPSA) is 76.4 Å². The Morgan fingerprint density at radius 3 is 2.97 bits per heavy atom. The van der Waals surface area contributed by atoms with Crippen LogP contribution in [0.25, 0.3) is 0 Å². The van der Waals surface area contributed by atoms with Crippen molar-refractivity contribution in [2.75, 3.05) is 11.9 Å². The Balaban J connectivity index is 1.48. The number of aromatic nitrogens is 1. The summed E-state index contributed by atoms with van der Waals surface area (Å²) in [6.45, 7) is 5.34. The zero-order chi connectivity index (χ0) is 20.4. The number of aryl methyl sites for hydroxylation is 2. The lowest BCUT2D eigenvalue weighted by molar-refractivity contribution is 0.102. The van der Waals surface area contributed by atoms with Gasteiger partial charge in [0.1, 0.15) is 23.9 Å². The molecule has 6 nitrogen and oxygen atoms in total. The molecule has 0 saturated carbocycles. The van der Waals surface area contributed by atoms with Crippen molar-refractivity contribution >= 4 is 11.6 Å². The second-order valence-corrected chi connectivity index (χ2v) is 7.06. The molecule has 2 heterocycles. The molecule has 0 fully saturated rings. The molecular formula is C22H22FN3O3. The van der Waals surface area contributed by atoms with E-state index in [4.69, 9.17) is 9.26 Å². The molecular weight excluding hydrogens is 373 g/mol. The third-order valence-corrected chi connectivity index (χ3v) is 5.12. The summed E-state index contributed by atoms with van der Waals surface area (Å²) < 4.78 is 25.7. The molecule has 0 aliphatic carbocycles. The number of nitrogens with one attached hydrogen (secondary N) is 2. The minimum Gasteiger partial charge on any atom is -0.489 e. The highest BCUT2D eigenvalue weighted by molar-refractivity contribution is 6.04. The van der Waals surface area contributed by atoms with Crippen LogP contribution in [0.1, 0.15) is 38.5 Å². The maximum atomic E-state index is 14.8. The van der Waals surface area contributed by atoms with Crippen LogP contribution >= 0.6 is 0 Å². The maximum Gasteiger partial charge on any atom is 0.255 e. The van der Waals surface area contributed by atoms with Crippen LogP contribution in [0.4, 0.5) is 10.1 Å². The first kappa shape index (κ1) is 19.1. The number of nitrogens with zero attached hydrogens (tertiary/aromatic N) is 1. The van der Waals surface area contributed by atoms with Gasteiger partial charge in [0, 0.05) is 12.1 Å². The monoisotopic (exact) mass is 395 g/mol. The Hall–Kier alpha value is -3.19. The first-order chi connectivity index (χ1) is 14.0. The molecule has 0 radical (unpaired) electrons. The van der Waals surface area contributed by atoms with E-state index in [1.807, 2.05) is 19.9 Å². The number of ether oxygens (including phenoxy) is 1. The van der Waals surface area contributed by atoms with E-state index in [1.54, 1.807) is 30.3 Å². The summed E-state index contributed by atoms with van der Waals surface area (Å²) >= 11 is 0. The van der Waals surface area contributed by atoms with E-state index in [0.717, 1.165) is 23.4 Å². The molecule has 1 amide bonds. The highest BCUT2D eigenvalue weighted by Crippen LogP contribution is 2.25. The summed E-state index contributed by atoms with van der Waals surface area (Å²) in [5, 5.41) is 9.79. The van der Waals surface area contributed by atoms with Crippen LogP contribution in [0.5, 0.6) is 5.75 Å². The molecule has 0 bridgehead atoms. The molecule has 0 unspecified atom stereocenters. The van der Waals surface area contributed by atoms with Gasteiger partial charge in [-0.2, -0.15) is 0 Å². The van der Waals surface area contributed by atoms with Crippen molar-refractivity contribution in [1.29, 1.82) is 0 Å². The van der Waals surface area contributed by atoms with Crippen LogP contribution < -0.4 is 15.4 Å². The Bertz CT molecular complexity index is 1040. The van der Waals surface area contributed by atoms with Gasteiger partial charge in [-0.15, -0.1) is 0 Å². The van der Waals surface area contributed by atoms with Gasteiger partial charge in [0.2, 0.25) is 0 Å². The van der Waals surface area contributed by atoms with Gasteiger partial charge in [0.15, 0.2) is 0 Å². The van der Waals surface area contributed by atoms with Crippen LogP contribution in [-0.4, -0.2) is 17.6 Å². The largest absolute Gasteiger partial charge is 0.489 e. The number of carbonyl (C=O) groups is 1. The molecule has 4 rings (SSSR count). The SMILES string of the molecule is Cc1noc(C)c1COc1cccc(C(=O)Nc2ccc3c(c2F)CCNC3)c1. The molecule has 0 spiro atoms. The van der Waals surface area contributed by atoms with Crippen LogP contribution in [0.15, 0.2) is 40.9 Å². The quantitative estimate of drug-likeness (QED) is 0.685. The normalized spacial score (nSPS) is 13.1. The van der Waals surface area contributed by atoms with Crippen LogP contribution in [-0.2, 0) is 19.6 Å². The van der Waals surface area contributed by atoms with Gasteiger partial charge < -0.3 is 19.9 Å². The van der Waals surface area contributed by atoms with Gasteiger partial charge in [-0.05, 0) is 62.2 Å². The number of benzene rings is 2. The minimum atomic E-state index is -0.388. The van der Waals surface area contributed by atoms with Crippen molar-refractivity contribution < 1.29 is 18.4 Å². The molecule has 2 N–H and O–H groups in total. The molecule has 1 aliphatic rings. The minimum absolute atomic E-state index is 0.192. The van der Waals surface area contributed by atoms with Gasteiger partial charge in [-0.1, -0.05) is 17.3 Å². The number of halogens is 1. The van der Waals surface area contributed by atoms with E-state index in [9.17, 15) is 9.18 Å². The van der Waals surface area contributed by atoms with Gasteiger partial charge in [-0.3, -0.25) is 4.79 Å². The summed E-state index contributed by atoms with van der Waals surface area (Å²) in [4.78, 5) is 12.7. The van der Waals surface area contributed by atoms with E-state index in [1.165, 1.54) is 0 Å². The highest BCUT2D eigenvalue weighted by atomic mass is 19.1. The van der Waals surface area contributed by atoms with Gasteiger partial charge in [0.05, 0.1) is 16.9 Å². The number of anilines is 1. The van der Waals surface area contributed by atoms with Gasteiger partial charge in [0.25, 0.3) is 5.91 Å². The van der Waals surface area contributed by atoms with Crippen LogP contribution in [0, 0.1) is 19.7 Å². The second-order valence-electron chi connectivity index (χ2n) is 7.06. The van der Waals surface area contributed by atoms with Crippen molar-refractivity contribution in [1.82, 2.24) is 10.5 Å². The number of amides is 1. The molecule has 1 aliphatic heterocycles. The maximum absolute atomic E-state index is 14.8. The Morgan fingerprint density at radius 2 is 2.17 bits per heavy atom. The average Bonchev–Trinajstić information content (AvgIpc) is 3.06. The molecule has 2 aromatic carbocycles. The van der Waals surface area contributed by atoms with E-state index < -0.39 is 0 Å². The number of rotatable bonds is 5. The van der Waals surface area contributed by atoms with Crippen molar-refractivity contribution in [3.05, 3.63) is 75.9 Å². The average molecular weight is 395 g/mol. The van der Waals surface area contributed by atoms with Crippen molar-refractivity contribution in [2.24, 2.45) is 0 Å². The van der Waals surface area contributed by atoms with E-state index >= 15 is 0 Å². The van der Waals surface area contributed by atoms with E-state index in [2.05, 4.69) is 15.8 Å². The molecule has 0 saturated heterocycles. The summed E-state index contributed by atoms with van der Waals surface area (Å²) in [5.74, 6) is 0.493. The Morgan fingerprint density at radius 1 is 1.31 bits per heavy atom. The molecule has 3 aromatic rings. The molecule has 150 valence electrons. The lowest BCUT2D eigenvalue weighted by atomic mass is 9.99. The van der Waals surface area contributed by atoms with E-state index in [0.29, 0.717) is 42.2 Å². The summed E-state index contributed by atoms with van der Waals surface area (Å²) in [6.07, 6.45) is 0.607. The smallest absolute Gasteiger partial charge is 0.255 e. The molecule has 29 heavy (non-hydrogen) atoms. The fraction of sp³-hybridized carbons (Fsp3) is 0.273. The summed E-state index contributed by atoms with van der Waals surface area (Å²) in [5.41, 5.74) is 3.83. The fourth-order valence-corrected chi connectivity index (χ4v) is 3.42. The number of hydrogen-bond donors (Lipinski definition) is 2. The predicted octanol–water partition coefficient (Wildman–Crippen LogP) is 3.91. The van der Waals surface area contributed by atoms with Crippen molar-refractivity contribution in [3.63, 3.8) is 0 Å². The standard InChI is InChI=1S/C22H22FN3O3/c1-13-19(14(2)29-26-13)12-28-17-5-3-4-15(10-17)22(27)25-20-7-6-16-11-24-9-8-18(16)21(20)23/h3-7,10,24H,8-9,11-12H2,1-2H3,(H,25,27). The fourth-order valence-electron chi connectivity index (χ4n) is 3.42. The zero-order valence-corrected chi connectivity index (χ0v) is 16.3. The lowest BCUT2D eigenvalue weighted by Crippen LogP contribution is -2.25. The molecule has 0 atom stereocenters. The van der Waals surface area contributed by atoms with Crippen LogP contribution in [0.3, 0.4) is 0 Å². The lowest BCUT2D eigenvalue weighted by Gasteiger charge is -2.19. The first-order valence-electron chi connectivity index (χ1n) is 9.50. The number of hydrogen-bond acceptors (Lipinski definition) is 5. The zero-order valence-electron chi connectivity index (χ0n) is 16.3. The van der Waals surface area contributed by atoms with E-state index in [-0.39, 0.29) is 17.4 Å². The third kappa shape index (κ3) is 4.00. The predicted molar refractivity (Wildman–Crippen MR) is 107 cm³/mol. The number of carbonyl (C=O) groups excluding carboxylic acids is 1. The summed E-state index contributed by atoms with van der Waals surface area (Å²) in [7, 11) is 0. The van der Waals surface area contributed by atoms with Gasteiger partial charge in [-0.25, -0.2) is 4.39 Å². The van der Waals surface area contributed by atoms with Crippen molar-refractivity contribution in [2.45, 2.75) is 33.4 Å². The first-order valence-corrected chi connectivity index (χ1v) is 9.50. The Kier molecular flexibility index (Phi) is 5.31. The third-order valence-electron chi connectivity index (χ3n) is 5.12. The van der Waals surface area contributed by atoms with Gasteiger partial charge >= 0.3 is 0 Å². The summed E-state index contributed by atoms with van der Waals surface area (Å²) in [6, 6.07) is 10.3. The van der Waals surface area contributed by atoms with Crippen molar-refractivity contribution in [3.8, 4) is 5.75 Å².